The molecule has 1 N–H and O–H groups in total. The summed E-state index contributed by atoms with van der Waals surface area (Å²) in [5, 5.41) is 2.90. The zero-order chi connectivity index (χ0) is 16.9. The molecule has 0 bridgehead atoms. The summed E-state index contributed by atoms with van der Waals surface area (Å²) in [6.07, 6.45) is 1.12. The summed E-state index contributed by atoms with van der Waals surface area (Å²) in [5.74, 6) is -0.0764. The maximum absolute atomic E-state index is 12.3. The molecule has 0 spiro atoms. The van der Waals surface area contributed by atoms with Gasteiger partial charge in [0.05, 0.1) is 12.4 Å². The Kier molecular flexibility index (Phi) is 6.15. The lowest BCUT2D eigenvalue weighted by Crippen LogP contribution is -2.42. The van der Waals surface area contributed by atoms with Gasteiger partial charge in [0.15, 0.2) is 0 Å². The lowest BCUT2D eigenvalue weighted by Gasteiger charge is -2.30. The van der Waals surface area contributed by atoms with Gasteiger partial charge in [-0.1, -0.05) is 12.1 Å². The van der Waals surface area contributed by atoms with Gasteiger partial charge in [-0.25, -0.2) is 12.7 Å². The summed E-state index contributed by atoms with van der Waals surface area (Å²) in [6, 6.07) is 7.52. The van der Waals surface area contributed by atoms with Crippen LogP contribution in [0, 0.1) is 5.92 Å². The molecule has 1 fully saturated rings. The van der Waals surface area contributed by atoms with Gasteiger partial charge in [-0.3, -0.25) is 4.79 Å². The molecule has 2 rings (SSSR count). The van der Waals surface area contributed by atoms with Crippen molar-refractivity contribution >= 4 is 21.6 Å². The molecule has 1 heterocycles. The summed E-state index contributed by atoms with van der Waals surface area (Å²) in [5.41, 5.74) is 1.79. The van der Waals surface area contributed by atoms with E-state index in [4.69, 9.17) is 4.74 Å². The Labute approximate surface area is 137 Å². The lowest BCUT2D eigenvalue weighted by atomic mass is 9.97. The first-order valence-corrected chi connectivity index (χ1v) is 9.43. The Bertz CT molecular complexity index is 620. The number of methoxy groups -OCH3 is 1. The fourth-order valence-electron chi connectivity index (χ4n) is 2.67. The highest BCUT2D eigenvalue weighted by Gasteiger charge is 2.30. The van der Waals surface area contributed by atoms with Crippen molar-refractivity contribution in [2.24, 2.45) is 5.92 Å². The van der Waals surface area contributed by atoms with E-state index in [0.717, 1.165) is 11.3 Å². The minimum absolute atomic E-state index is 0.0435. The van der Waals surface area contributed by atoms with E-state index in [2.05, 4.69) is 5.32 Å². The van der Waals surface area contributed by atoms with Crippen LogP contribution in [0.3, 0.4) is 0 Å². The Morgan fingerprint density at radius 3 is 2.39 bits per heavy atom. The molecule has 0 unspecified atom stereocenters. The van der Waals surface area contributed by atoms with Crippen LogP contribution in [0.2, 0.25) is 0 Å². The van der Waals surface area contributed by atoms with Crippen LogP contribution in [-0.4, -0.2) is 44.6 Å². The summed E-state index contributed by atoms with van der Waals surface area (Å²) < 4.78 is 30.2. The van der Waals surface area contributed by atoms with E-state index in [9.17, 15) is 13.2 Å². The second-order valence-electron chi connectivity index (χ2n) is 5.69. The second kappa shape index (κ2) is 7.90. The molecule has 0 radical (unpaired) electrons. The molecule has 1 saturated heterocycles. The molecule has 1 aliphatic heterocycles. The standard InChI is InChI=1S/C16H24N2O4S/c1-3-23(20,21)18-10-8-14(9-11-18)16(19)17-15-6-4-13(5-7-15)12-22-2/h4-7,14H,3,8-12H2,1-2H3,(H,17,19). The van der Waals surface area contributed by atoms with Crippen molar-refractivity contribution in [3.8, 4) is 0 Å². The highest BCUT2D eigenvalue weighted by molar-refractivity contribution is 7.89. The Balaban J connectivity index is 1.88. The SMILES string of the molecule is CCS(=O)(=O)N1CCC(C(=O)Nc2ccc(COC)cc2)CC1. The van der Waals surface area contributed by atoms with E-state index < -0.39 is 10.0 Å². The van der Waals surface area contributed by atoms with Gasteiger partial charge in [0, 0.05) is 31.8 Å². The topological polar surface area (TPSA) is 75.7 Å². The molecular weight excluding hydrogens is 316 g/mol. The molecule has 23 heavy (non-hydrogen) atoms. The van der Waals surface area contributed by atoms with Crippen molar-refractivity contribution in [3.63, 3.8) is 0 Å². The number of ether oxygens (including phenoxy) is 1. The smallest absolute Gasteiger partial charge is 0.227 e. The minimum atomic E-state index is -3.15. The van der Waals surface area contributed by atoms with Crippen LogP contribution >= 0.6 is 0 Å². The first-order valence-electron chi connectivity index (χ1n) is 7.83. The first kappa shape index (κ1) is 17.9. The zero-order valence-electron chi connectivity index (χ0n) is 13.6. The number of rotatable bonds is 6. The maximum atomic E-state index is 12.3. The summed E-state index contributed by atoms with van der Waals surface area (Å²) in [4.78, 5) is 12.3. The van der Waals surface area contributed by atoms with E-state index in [1.165, 1.54) is 4.31 Å². The Hall–Kier alpha value is -1.44. The maximum Gasteiger partial charge on any atom is 0.227 e. The molecule has 0 atom stereocenters. The van der Waals surface area contributed by atoms with Crippen LogP contribution in [0.25, 0.3) is 0 Å². The van der Waals surface area contributed by atoms with E-state index in [1.54, 1.807) is 14.0 Å². The third-order valence-electron chi connectivity index (χ3n) is 4.12. The molecule has 1 aromatic rings. The van der Waals surface area contributed by atoms with Crippen LogP contribution in [0.1, 0.15) is 25.3 Å². The van der Waals surface area contributed by atoms with Gasteiger partial charge in [0.25, 0.3) is 0 Å². The molecule has 1 amide bonds. The van der Waals surface area contributed by atoms with Gasteiger partial charge in [-0.15, -0.1) is 0 Å². The highest BCUT2D eigenvalue weighted by Crippen LogP contribution is 2.22. The van der Waals surface area contributed by atoms with Crippen molar-refractivity contribution in [1.29, 1.82) is 0 Å². The average Bonchev–Trinajstić information content (AvgIpc) is 2.57. The summed E-state index contributed by atoms with van der Waals surface area (Å²) >= 11 is 0. The molecule has 7 heteroatoms. The highest BCUT2D eigenvalue weighted by atomic mass is 32.2. The van der Waals surface area contributed by atoms with E-state index in [0.29, 0.717) is 32.5 Å². The molecule has 1 aromatic carbocycles. The number of piperidine rings is 1. The molecule has 128 valence electrons. The van der Waals surface area contributed by atoms with Gasteiger partial charge < -0.3 is 10.1 Å². The number of carbonyl (C=O) groups excluding carboxylic acids is 1. The Morgan fingerprint density at radius 1 is 1.26 bits per heavy atom. The van der Waals surface area contributed by atoms with Crippen LogP contribution in [0.5, 0.6) is 0 Å². The number of amides is 1. The summed E-state index contributed by atoms with van der Waals surface area (Å²) in [6.45, 7) is 3.02. The molecular formula is C16H24N2O4S. The average molecular weight is 340 g/mol. The fourth-order valence-corrected chi connectivity index (χ4v) is 3.81. The van der Waals surface area contributed by atoms with Gasteiger partial charge >= 0.3 is 0 Å². The van der Waals surface area contributed by atoms with Crippen molar-refractivity contribution < 1.29 is 17.9 Å². The van der Waals surface area contributed by atoms with Gasteiger partial charge in [-0.05, 0) is 37.5 Å². The van der Waals surface area contributed by atoms with E-state index in [-0.39, 0.29) is 17.6 Å². The number of carbonyl (C=O) groups is 1. The molecule has 0 aliphatic carbocycles. The third kappa shape index (κ3) is 4.76. The van der Waals surface area contributed by atoms with Gasteiger partial charge in [0.2, 0.25) is 15.9 Å². The fraction of sp³-hybridized carbons (Fsp3) is 0.562. The van der Waals surface area contributed by atoms with Crippen molar-refractivity contribution in [3.05, 3.63) is 29.8 Å². The van der Waals surface area contributed by atoms with Crippen molar-refractivity contribution in [2.75, 3.05) is 31.3 Å². The van der Waals surface area contributed by atoms with Gasteiger partial charge in [0.1, 0.15) is 0 Å². The normalized spacial score (nSPS) is 17.1. The molecule has 0 aromatic heterocycles. The number of hydrogen-bond acceptors (Lipinski definition) is 4. The minimum Gasteiger partial charge on any atom is -0.380 e. The number of nitrogens with one attached hydrogen (secondary N) is 1. The molecule has 1 aliphatic rings. The number of anilines is 1. The Morgan fingerprint density at radius 2 is 1.87 bits per heavy atom. The second-order valence-corrected chi connectivity index (χ2v) is 7.95. The van der Waals surface area contributed by atoms with Crippen LogP contribution in [0.15, 0.2) is 24.3 Å². The zero-order valence-corrected chi connectivity index (χ0v) is 14.4. The largest absolute Gasteiger partial charge is 0.380 e. The van der Waals surface area contributed by atoms with Crippen LogP contribution < -0.4 is 5.32 Å². The number of sulfonamides is 1. The molecule has 0 saturated carbocycles. The number of hydrogen-bond donors (Lipinski definition) is 1. The van der Waals surface area contributed by atoms with E-state index in [1.807, 2.05) is 24.3 Å². The lowest BCUT2D eigenvalue weighted by molar-refractivity contribution is -0.120. The van der Waals surface area contributed by atoms with Crippen molar-refractivity contribution in [2.45, 2.75) is 26.4 Å². The number of benzene rings is 1. The predicted octanol–water partition coefficient (Wildman–Crippen LogP) is 1.83. The quantitative estimate of drug-likeness (QED) is 0.857. The number of nitrogens with zero attached hydrogens (tertiary/aromatic N) is 1. The van der Waals surface area contributed by atoms with Crippen molar-refractivity contribution in [1.82, 2.24) is 4.31 Å². The molecule has 6 nitrogen and oxygen atoms in total. The van der Waals surface area contributed by atoms with E-state index >= 15 is 0 Å². The summed E-state index contributed by atoms with van der Waals surface area (Å²) in [7, 11) is -1.51. The van der Waals surface area contributed by atoms with Crippen LogP contribution in [-0.2, 0) is 26.2 Å². The van der Waals surface area contributed by atoms with Crippen LogP contribution in [0.4, 0.5) is 5.69 Å². The monoisotopic (exact) mass is 340 g/mol. The first-order chi connectivity index (χ1) is 11.0. The van der Waals surface area contributed by atoms with Gasteiger partial charge in [-0.2, -0.15) is 0 Å². The predicted molar refractivity (Wildman–Crippen MR) is 89.5 cm³/mol. The third-order valence-corrected chi connectivity index (χ3v) is 6.00.